The summed E-state index contributed by atoms with van der Waals surface area (Å²) in [5.41, 5.74) is 7.79. The number of nitrogens with zero attached hydrogens (tertiary/aromatic N) is 1. The number of para-hydroxylation sites is 1. The van der Waals surface area contributed by atoms with Crippen molar-refractivity contribution in [3.05, 3.63) is 42.1 Å². The summed E-state index contributed by atoms with van der Waals surface area (Å²) in [5.74, 6) is 0. The van der Waals surface area contributed by atoms with Crippen LogP contribution in [-0.2, 0) is 6.42 Å². The van der Waals surface area contributed by atoms with Gasteiger partial charge in [-0.05, 0) is 18.1 Å². The van der Waals surface area contributed by atoms with Gasteiger partial charge in [0.1, 0.15) is 0 Å². The topological polar surface area (TPSA) is 59.1 Å². The van der Waals surface area contributed by atoms with Crippen LogP contribution in [0.2, 0.25) is 0 Å². The molecule has 0 amide bonds. The van der Waals surface area contributed by atoms with E-state index in [1.54, 1.807) is 6.20 Å². The molecule has 1 aromatic heterocycles. The molecule has 0 saturated heterocycles. The van der Waals surface area contributed by atoms with Gasteiger partial charge in [-0.3, -0.25) is 4.98 Å². The molecule has 86 valence electrons. The van der Waals surface area contributed by atoms with Crippen molar-refractivity contribution >= 4 is 23.3 Å². The Morgan fingerprint density at radius 1 is 1.25 bits per heavy atom. The molecule has 0 spiro atoms. The first kappa shape index (κ1) is 12.9. The van der Waals surface area contributed by atoms with Crippen molar-refractivity contribution in [2.45, 2.75) is 12.5 Å². The molecule has 4 heteroatoms. The van der Waals surface area contributed by atoms with Crippen molar-refractivity contribution in [1.82, 2.24) is 4.98 Å². The van der Waals surface area contributed by atoms with Crippen LogP contribution in [0.3, 0.4) is 0 Å². The number of pyridine rings is 1. The third-order valence-electron chi connectivity index (χ3n) is 2.43. The number of hydrogen-bond acceptors (Lipinski definition) is 3. The Kier molecular flexibility index (Phi) is 4.68. The number of halogens is 1. The second-order valence-corrected chi connectivity index (χ2v) is 3.64. The normalized spacial score (nSPS) is 12.1. The zero-order valence-corrected chi connectivity index (χ0v) is 9.65. The summed E-state index contributed by atoms with van der Waals surface area (Å²) in [6.45, 7) is 0.00320. The Balaban J connectivity index is 0.00000128. The van der Waals surface area contributed by atoms with Gasteiger partial charge in [0.2, 0.25) is 0 Å². The molecule has 0 aliphatic rings. The Labute approximate surface area is 101 Å². The molecular weight excluding hydrogens is 224 g/mol. The number of aliphatic hydroxyl groups is 1. The number of hydrogen-bond donors (Lipinski definition) is 2. The number of benzene rings is 1. The number of fused-ring (bicyclic) bond motifs is 1. The second kappa shape index (κ2) is 5.80. The van der Waals surface area contributed by atoms with Crippen molar-refractivity contribution < 1.29 is 5.11 Å². The molecule has 0 saturated carbocycles. The van der Waals surface area contributed by atoms with Crippen LogP contribution in [0.5, 0.6) is 0 Å². The van der Waals surface area contributed by atoms with Crippen LogP contribution >= 0.6 is 12.4 Å². The molecule has 3 N–H and O–H groups in total. The van der Waals surface area contributed by atoms with Gasteiger partial charge in [-0.15, -0.1) is 12.4 Å². The Morgan fingerprint density at radius 2 is 2.00 bits per heavy atom. The van der Waals surface area contributed by atoms with E-state index in [0.717, 1.165) is 16.5 Å². The van der Waals surface area contributed by atoms with E-state index in [4.69, 9.17) is 10.8 Å². The molecular formula is C12H15ClN2O. The fourth-order valence-corrected chi connectivity index (χ4v) is 1.68. The first-order valence-corrected chi connectivity index (χ1v) is 5.00. The lowest BCUT2D eigenvalue weighted by atomic mass is 10.0. The highest BCUT2D eigenvalue weighted by molar-refractivity contribution is 5.85. The minimum atomic E-state index is -0.211. The molecule has 2 rings (SSSR count). The SMILES string of the molecule is Cl.NC(CO)Cc1cccc2cccnc12. The fraction of sp³-hybridized carbons (Fsp3) is 0.250. The third kappa shape index (κ3) is 2.70. The summed E-state index contributed by atoms with van der Waals surface area (Å²) >= 11 is 0. The molecule has 1 atom stereocenters. The van der Waals surface area contributed by atoms with Crippen molar-refractivity contribution in [2.75, 3.05) is 6.61 Å². The van der Waals surface area contributed by atoms with E-state index in [2.05, 4.69) is 4.98 Å². The monoisotopic (exact) mass is 238 g/mol. The van der Waals surface area contributed by atoms with Crippen LogP contribution in [0, 0.1) is 0 Å². The highest BCUT2D eigenvalue weighted by Crippen LogP contribution is 2.16. The smallest absolute Gasteiger partial charge is 0.0734 e. The van der Waals surface area contributed by atoms with Crippen molar-refractivity contribution in [3.63, 3.8) is 0 Å². The maximum atomic E-state index is 8.92. The molecule has 1 unspecified atom stereocenters. The first-order valence-electron chi connectivity index (χ1n) is 5.00. The lowest BCUT2D eigenvalue weighted by Gasteiger charge is -2.09. The zero-order chi connectivity index (χ0) is 10.7. The van der Waals surface area contributed by atoms with Gasteiger partial charge in [0.15, 0.2) is 0 Å². The van der Waals surface area contributed by atoms with E-state index in [0.29, 0.717) is 6.42 Å². The van der Waals surface area contributed by atoms with Crippen LogP contribution < -0.4 is 5.73 Å². The van der Waals surface area contributed by atoms with Crippen LogP contribution in [-0.4, -0.2) is 22.7 Å². The van der Waals surface area contributed by atoms with Crippen LogP contribution in [0.25, 0.3) is 10.9 Å². The standard InChI is InChI=1S/C12H14N2O.ClH/c13-11(8-15)7-10-4-1-3-9-5-2-6-14-12(9)10;/h1-6,11,15H,7-8,13H2;1H. The predicted octanol–water partition coefficient (Wildman–Crippen LogP) is 1.52. The van der Waals surface area contributed by atoms with Gasteiger partial charge >= 0.3 is 0 Å². The quantitative estimate of drug-likeness (QED) is 0.853. The molecule has 2 aromatic rings. The highest BCUT2D eigenvalue weighted by Gasteiger charge is 2.06. The maximum absolute atomic E-state index is 8.92. The highest BCUT2D eigenvalue weighted by atomic mass is 35.5. The number of nitrogens with two attached hydrogens (primary N) is 1. The van der Waals surface area contributed by atoms with Crippen molar-refractivity contribution in [3.8, 4) is 0 Å². The average molecular weight is 239 g/mol. The molecule has 0 radical (unpaired) electrons. The summed E-state index contributed by atoms with van der Waals surface area (Å²) in [4.78, 5) is 4.33. The maximum Gasteiger partial charge on any atom is 0.0734 e. The third-order valence-corrected chi connectivity index (χ3v) is 2.43. The Morgan fingerprint density at radius 3 is 2.75 bits per heavy atom. The van der Waals surface area contributed by atoms with Gasteiger partial charge in [-0.1, -0.05) is 24.3 Å². The van der Waals surface area contributed by atoms with Crippen molar-refractivity contribution in [2.24, 2.45) is 5.73 Å². The molecule has 0 aliphatic carbocycles. The fourth-order valence-electron chi connectivity index (χ4n) is 1.68. The molecule has 3 nitrogen and oxygen atoms in total. The largest absolute Gasteiger partial charge is 0.395 e. The van der Waals surface area contributed by atoms with Gasteiger partial charge in [-0.25, -0.2) is 0 Å². The molecule has 16 heavy (non-hydrogen) atoms. The van der Waals surface area contributed by atoms with E-state index in [9.17, 15) is 0 Å². The zero-order valence-electron chi connectivity index (χ0n) is 8.84. The summed E-state index contributed by atoms with van der Waals surface area (Å²) in [6.07, 6.45) is 2.43. The summed E-state index contributed by atoms with van der Waals surface area (Å²) in [5, 5.41) is 10.0. The minimum absolute atomic E-state index is 0. The molecule has 1 aromatic carbocycles. The van der Waals surface area contributed by atoms with E-state index in [1.165, 1.54) is 0 Å². The lowest BCUT2D eigenvalue weighted by Crippen LogP contribution is -2.26. The Hall–Kier alpha value is -1.16. The molecule has 0 bridgehead atoms. The first-order chi connectivity index (χ1) is 7.31. The van der Waals surface area contributed by atoms with E-state index in [-0.39, 0.29) is 25.1 Å². The van der Waals surface area contributed by atoms with Gasteiger partial charge < -0.3 is 10.8 Å². The summed E-state index contributed by atoms with van der Waals surface area (Å²) in [7, 11) is 0. The minimum Gasteiger partial charge on any atom is -0.395 e. The van der Waals surface area contributed by atoms with Crippen LogP contribution in [0.15, 0.2) is 36.5 Å². The predicted molar refractivity (Wildman–Crippen MR) is 67.8 cm³/mol. The van der Waals surface area contributed by atoms with E-state index >= 15 is 0 Å². The number of aromatic nitrogens is 1. The number of aliphatic hydroxyl groups excluding tert-OH is 1. The lowest BCUT2D eigenvalue weighted by molar-refractivity contribution is 0.265. The van der Waals surface area contributed by atoms with E-state index in [1.807, 2.05) is 30.3 Å². The van der Waals surface area contributed by atoms with Crippen LogP contribution in [0.1, 0.15) is 5.56 Å². The number of rotatable bonds is 3. The van der Waals surface area contributed by atoms with Gasteiger partial charge in [0, 0.05) is 17.6 Å². The van der Waals surface area contributed by atoms with Crippen LogP contribution in [0.4, 0.5) is 0 Å². The summed E-state index contributed by atoms with van der Waals surface area (Å²) < 4.78 is 0. The second-order valence-electron chi connectivity index (χ2n) is 3.64. The van der Waals surface area contributed by atoms with Gasteiger partial charge in [0.25, 0.3) is 0 Å². The molecule has 1 heterocycles. The molecule has 0 fully saturated rings. The van der Waals surface area contributed by atoms with Gasteiger partial charge in [-0.2, -0.15) is 0 Å². The Bertz CT molecular complexity index is 456. The van der Waals surface area contributed by atoms with E-state index < -0.39 is 0 Å². The summed E-state index contributed by atoms with van der Waals surface area (Å²) in [6, 6.07) is 9.75. The van der Waals surface area contributed by atoms with Crippen molar-refractivity contribution in [1.29, 1.82) is 0 Å². The molecule has 0 aliphatic heterocycles. The van der Waals surface area contributed by atoms with Gasteiger partial charge in [0.05, 0.1) is 12.1 Å². The average Bonchev–Trinajstić information content (AvgIpc) is 2.29.